The Balaban J connectivity index is 2.20. The Morgan fingerprint density at radius 2 is 2.07 bits per heavy atom. The molecule has 0 bridgehead atoms. The molecule has 1 heterocycles. The van der Waals surface area contributed by atoms with Gasteiger partial charge in [-0.3, -0.25) is 0 Å². The van der Waals surface area contributed by atoms with Crippen molar-refractivity contribution in [3.05, 3.63) is 23.8 Å². The summed E-state index contributed by atoms with van der Waals surface area (Å²) in [6.45, 7) is 2.15. The largest absolute Gasteiger partial charge is 0.504 e. The maximum atomic E-state index is 9.50. The van der Waals surface area contributed by atoms with Crippen molar-refractivity contribution in [3.63, 3.8) is 0 Å². The van der Waals surface area contributed by atoms with Crippen molar-refractivity contribution in [1.82, 2.24) is 5.32 Å². The maximum absolute atomic E-state index is 9.50. The van der Waals surface area contributed by atoms with E-state index in [9.17, 15) is 5.11 Å². The van der Waals surface area contributed by atoms with Crippen molar-refractivity contribution in [2.24, 2.45) is 0 Å². The second-order valence-electron chi connectivity index (χ2n) is 3.96. The van der Waals surface area contributed by atoms with Gasteiger partial charge in [0, 0.05) is 0 Å². The average Bonchev–Trinajstić information content (AvgIpc) is 2.31. The number of hydrogen-bond donors (Lipinski definition) is 2. The first kappa shape index (κ1) is 10.3. The van der Waals surface area contributed by atoms with Crippen LogP contribution in [0.25, 0.3) is 0 Å². The first-order valence-electron chi connectivity index (χ1n) is 5.39. The SMILES string of the molecule is COc1cc(C2CCNCC2)ccc1O. The molecule has 1 fully saturated rings. The maximum Gasteiger partial charge on any atom is 0.160 e. The normalized spacial score (nSPS) is 17.7. The summed E-state index contributed by atoms with van der Waals surface area (Å²) >= 11 is 0. The van der Waals surface area contributed by atoms with Crippen molar-refractivity contribution in [2.75, 3.05) is 20.2 Å². The highest BCUT2D eigenvalue weighted by Gasteiger charge is 2.16. The fourth-order valence-corrected chi connectivity index (χ4v) is 2.10. The van der Waals surface area contributed by atoms with Gasteiger partial charge in [-0.25, -0.2) is 0 Å². The lowest BCUT2D eigenvalue weighted by atomic mass is 9.90. The lowest BCUT2D eigenvalue weighted by molar-refractivity contribution is 0.371. The van der Waals surface area contributed by atoms with Crippen molar-refractivity contribution in [3.8, 4) is 11.5 Å². The summed E-state index contributed by atoms with van der Waals surface area (Å²) in [5.74, 6) is 1.39. The monoisotopic (exact) mass is 207 g/mol. The number of rotatable bonds is 2. The summed E-state index contributed by atoms with van der Waals surface area (Å²) in [5.41, 5.74) is 1.27. The second kappa shape index (κ2) is 4.53. The Morgan fingerprint density at radius 3 is 2.73 bits per heavy atom. The van der Waals surface area contributed by atoms with Crippen LogP contribution in [-0.2, 0) is 0 Å². The van der Waals surface area contributed by atoms with Crippen LogP contribution in [0.4, 0.5) is 0 Å². The second-order valence-corrected chi connectivity index (χ2v) is 3.96. The number of phenols is 1. The molecule has 15 heavy (non-hydrogen) atoms. The third-order valence-electron chi connectivity index (χ3n) is 3.01. The molecule has 0 aliphatic carbocycles. The number of benzene rings is 1. The summed E-state index contributed by atoms with van der Waals surface area (Å²) in [6, 6.07) is 5.66. The first-order chi connectivity index (χ1) is 7.31. The van der Waals surface area contributed by atoms with Gasteiger partial charge in [0.15, 0.2) is 11.5 Å². The summed E-state index contributed by atoms with van der Waals surface area (Å²) in [7, 11) is 1.58. The van der Waals surface area contributed by atoms with Gasteiger partial charge in [0.1, 0.15) is 0 Å². The van der Waals surface area contributed by atoms with Crippen LogP contribution in [0.1, 0.15) is 24.3 Å². The molecular weight excluding hydrogens is 190 g/mol. The number of aromatic hydroxyl groups is 1. The molecule has 1 aromatic carbocycles. The van der Waals surface area contributed by atoms with E-state index in [2.05, 4.69) is 5.32 Å². The Hall–Kier alpha value is -1.22. The highest BCUT2D eigenvalue weighted by atomic mass is 16.5. The van der Waals surface area contributed by atoms with E-state index in [0.717, 1.165) is 25.9 Å². The van der Waals surface area contributed by atoms with Crippen molar-refractivity contribution in [2.45, 2.75) is 18.8 Å². The molecular formula is C12H17NO2. The molecule has 82 valence electrons. The van der Waals surface area contributed by atoms with Crippen molar-refractivity contribution >= 4 is 0 Å². The molecule has 1 aromatic rings. The fraction of sp³-hybridized carbons (Fsp3) is 0.500. The molecule has 0 amide bonds. The van der Waals surface area contributed by atoms with E-state index in [1.165, 1.54) is 5.56 Å². The summed E-state index contributed by atoms with van der Waals surface area (Å²) in [6.07, 6.45) is 2.32. The zero-order valence-electron chi connectivity index (χ0n) is 8.99. The van der Waals surface area contributed by atoms with Crippen LogP contribution in [0.5, 0.6) is 11.5 Å². The van der Waals surface area contributed by atoms with Gasteiger partial charge >= 0.3 is 0 Å². The molecule has 1 saturated heterocycles. The summed E-state index contributed by atoms with van der Waals surface area (Å²) in [5, 5.41) is 12.8. The Morgan fingerprint density at radius 1 is 1.33 bits per heavy atom. The molecule has 2 rings (SSSR count). The topological polar surface area (TPSA) is 41.5 Å². The molecule has 3 nitrogen and oxygen atoms in total. The predicted octanol–water partition coefficient (Wildman–Crippen LogP) is 1.87. The van der Waals surface area contributed by atoms with Gasteiger partial charge < -0.3 is 15.2 Å². The lowest BCUT2D eigenvalue weighted by Crippen LogP contribution is -2.26. The minimum Gasteiger partial charge on any atom is -0.504 e. The van der Waals surface area contributed by atoms with Gasteiger partial charge in [-0.2, -0.15) is 0 Å². The van der Waals surface area contributed by atoms with Crippen LogP contribution in [0, 0.1) is 0 Å². The quantitative estimate of drug-likeness (QED) is 0.778. The van der Waals surface area contributed by atoms with Gasteiger partial charge in [0.25, 0.3) is 0 Å². The first-order valence-corrected chi connectivity index (χ1v) is 5.39. The Labute approximate surface area is 90.1 Å². The van der Waals surface area contributed by atoms with E-state index < -0.39 is 0 Å². The van der Waals surface area contributed by atoms with Crippen LogP contribution in [0.2, 0.25) is 0 Å². The van der Waals surface area contributed by atoms with E-state index in [4.69, 9.17) is 4.74 Å². The lowest BCUT2D eigenvalue weighted by Gasteiger charge is -2.23. The molecule has 1 aliphatic heterocycles. The number of methoxy groups -OCH3 is 1. The molecule has 0 saturated carbocycles. The Bertz CT molecular complexity index is 332. The molecule has 0 radical (unpaired) electrons. The van der Waals surface area contributed by atoms with E-state index >= 15 is 0 Å². The zero-order valence-corrected chi connectivity index (χ0v) is 8.99. The molecule has 0 aromatic heterocycles. The third-order valence-corrected chi connectivity index (χ3v) is 3.01. The minimum absolute atomic E-state index is 0.218. The van der Waals surface area contributed by atoms with E-state index in [1.54, 1.807) is 13.2 Å². The smallest absolute Gasteiger partial charge is 0.160 e. The molecule has 0 unspecified atom stereocenters. The molecule has 2 N–H and O–H groups in total. The number of ether oxygens (including phenoxy) is 1. The number of piperidine rings is 1. The van der Waals surface area contributed by atoms with Crippen LogP contribution < -0.4 is 10.1 Å². The number of nitrogens with one attached hydrogen (secondary N) is 1. The number of hydrogen-bond acceptors (Lipinski definition) is 3. The van der Waals surface area contributed by atoms with Crippen LogP contribution in [0.3, 0.4) is 0 Å². The van der Waals surface area contributed by atoms with Gasteiger partial charge in [-0.15, -0.1) is 0 Å². The minimum atomic E-state index is 0.218. The van der Waals surface area contributed by atoms with Crippen LogP contribution in [-0.4, -0.2) is 25.3 Å². The van der Waals surface area contributed by atoms with Gasteiger partial charge in [-0.05, 0) is 49.5 Å². The highest BCUT2D eigenvalue weighted by molar-refractivity contribution is 5.42. The highest BCUT2D eigenvalue weighted by Crippen LogP contribution is 2.32. The fourth-order valence-electron chi connectivity index (χ4n) is 2.10. The molecule has 1 aliphatic rings. The zero-order chi connectivity index (χ0) is 10.7. The van der Waals surface area contributed by atoms with E-state index in [1.807, 2.05) is 12.1 Å². The van der Waals surface area contributed by atoms with Gasteiger partial charge in [0.05, 0.1) is 7.11 Å². The van der Waals surface area contributed by atoms with Gasteiger partial charge in [0.2, 0.25) is 0 Å². The van der Waals surface area contributed by atoms with Gasteiger partial charge in [-0.1, -0.05) is 6.07 Å². The number of phenolic OH excluding ortho intramolecular Hbond substituents is 1. The standard InChI is InChI=1S/C12H17NO2/c1-15-12-8-10(2-3-11(12)14)9-4-6-13-7-5-9/h2-3,8-9,13-14H,4-7H2,1H3. The molecule has 3 heteroatoms. The van der Waals surface area contributed by atoms with Crippen LogP contribution >= 0.6 is 0 Å². The van der Waals surface area contributed by atoms with E-state index in [0.29, 0.717) is 11.7 Å². The van der Waals surface area contributed by atoms with E-state index in [-0.39, 0.29) is 5.75 Å². The molecule has 0 atom stereocenters. The molecule has 0 spiro atoms. The van der Waals surface area contributed by atoms with Crippen molar-refractivity contribution < 1.29 is 9.84 Å². The van der Waals surface area contributed by atoms with Crippen molar-refractivity contribution in [1.29, 1.82) is 0 Å². The predicted molar refractivity (Wildman–Crippen MR) is 59.5 cm³/mol. The average molecular weight is 207 g/mol. The third kappa shape index (κ3) is 2.23. The van der Waals surface area contributed by atoms with Crippen LogP contribution in [0.15, 0.2) is 18.2 Å². The summed E-state index contributed by atoms with van der Waals surface area (Å²) < 4.78 is 5.11. The summed E-state index contributed by atoms with van der Waals surface area (Å²) in [4.78, 5) is 0. The Kier molecular flexibility index (Phi) is 3.11.